The van der Waals surface area contributed by atoms with Crippen molar-refractivity contribution in [2.45, 2.75) is 25.6 Å². The maximum absolute atomic E-state index is 13.8. The summed E-state index contributed by atoms with van der Waals surface area (Å²) in [6, 6.07) is 4.97. The van der Waals surface area contributed by atoms with Gasteiger partial charge < -0.3 is 9.84 Å². The van der Waals surface area contributed by atoms with Crippen molar-refractivity contribution >= 4 is 15.9 Å². The zero-order valence-electron chi connectivity index (χ0n) is 8.99. The molecule has 0 spiro atoms. The molecule has 1 aliphatic heterocycles. The molecule has 1 saturated heterocycles. The average molecular weight is 289 g/mol. The molecule has 1 N–H and O–H groups in total. The molecule has 2 nitrogen and oxygen atoms in total. The van der Waals surface area contributed by atoms with Gasteiger partial charge in [0.2, 0.25) is 0 Å². The van der Waals surface area contributed by atoms with Crippen molar-refractivity contribution in [2.24, 2.45) is 5.92 Å². The Morgan fingerprint density at radius 3 is 2.94 bits per heavy atom. The van der Waals surface area contributed by atoms with Crippen molar-refractivity contribution in [3.63, 3.8) is 0 Å². The van der Waals surface area contributed by atoms with Crippen molar-refractivity contribution in [3.8, 4) is 0 Å². The van der Waals surface area contributed by atoms with E-state index in [1.165, 1.54) is 0 Å². The van der Waals surface area contributed by atoms with Gasteiger partial charge in [-0.15, -0.1) is 0 Å². The van der Waals surface area contributed by atoms with E-state index < -0.39 is 6.10 Å². The van der Waals surface area contributed by atoms with E-state index >= 15 is 0 Å². The lowest BCUT2D eigenvalue weighted by Gasteiger charge is -2.17. The summed E-state index contributed by atoms with van der Waals surface area (Å²) in [6.07, 6.45) is 0.130. The third kappa shape index (κ3) is 2.29. The molecular weight excluding hydrogens is 275 g/mol. The summed E-state index contributed by atoms with van der Waals surface area (Å²) >= 11 is 3.12. The molecule has 16 heavy (non-hydrogen) atoms. The van der Waals surface area contributed by atoms with Crippen LogP contribution >= 0.6 is 15.9 Å². The third-order valence-electron chi connectivity index (χ3n) is 2.98. The summed E-state index contributed by atoms with van der Waals surface area (Å²) in [6.45, 7) is 2.46. The Hall–Kier alpha value is -0.450. The van der Waals surface area contributed by atoms with Gasteiger partial charge in [0.05, 0.1) is 23.3 Å². The Bertz CT molecular complexity index is 383. The summed E-state index contributed by atoms with van der Waals surface area (Å²) in [5.74, 6) is -0.395. The predicted octanol–water partition coefficient (Wildman–Crippen LogP) is 3.05. The third-order valence-corrected chi connectivity index (χ3v) is 3.59. The first-order chi connectivity index (χ1) is 7.59. The summed E-state index contributed by atoms with van der Waals surface area (Å²) in [5.41, 5.74) is 0.345. The maximum Gasteiger partial charge on any atom is 0.143 e. The largest absolute Gasteiger partial charge is 0.388 e. The highest BCUT2D eigenvalue weighted by Crippen LogP contribution is 2.34. The van der Waals surface area contributed by atoms with E-state index in [4.69, 9.17) is 4.74 Å². The van der Waals surface area contributed by atoms with Gasteiger partial charge in [-0.3, -0.25) is 0 Å². The van der Waals surface area contributed by atoms with E-state index in [1.807, 2.05) is 6.92 Å². The summed E-state index contributed by atoms with van der Waals surface area (Å²) in [5, 5.41) is 10.1. The SMILES string of the molecule is CC1CC(C(O)c2cccc(Br)c2F)CO1. The van der Waals surface area contributed by atoms with Gasteiger partial charge in [-0.2, -0.15) is 0 Å². The van der Waals surface area contributed by atoms with Crippen LogP contribution < -0.4 is 0 Å². The van der Waals surface area contributed by atoms with E-state index in [9.17, 15) is 9.50 Å². The minimum atomic E-state index is -0.789. The fourth-order valence-electron chi connectivity index (χ4n) is 2.07. The first-order valence-corrected chi connectivity index (χ1v) is 6.12. The lowest BCUT2D eigenvalue weighted by atomic mass is 9.93. The first-order valence-electron chi connectivity index (χ1n) is 5.33. The maximum atomic E-state index is 13.8. The standard InChI is InChI=1S/C12H14BrFO2/c1-7-5-8(6-16-7)12(15)9-3-2-4-10(13)11(9)14/h2-4,7-8,12,15H,5-6H2,1H3. The van der Waals surface area contributed by atoms with Gasteiger partial charge in [0, 0.05) is 11.5 Å². The summed E-state index contributed by atoms with van der Waals surface area (Å²) < 4.78 is 19.5. The number of benzene rings is 1. The molecule has 1 aliphatic rings. The highest BCUT2D eigenvalue weighted by Gasteiger charge is 2.31. The zero-order valence-corrected chi connectivity index (χ0v) is 10.6. The summed E-state index contributed by atoms with van der Waals surface area (Å²) in [4.78, 5) is 0. The Kier molecular flexibility index (Phi) is 3.62. The first kappa shape index (κ1) is 12.0. The Morgan fingerprint density at radius 1 is 1.56 bits per heavy atom. The zero-order chi connectivity index (χ0) is 11.7. The number of hydrogen-bond acceptors (Lipinski definition) is 2. The molecular formula is C12H14BrFO2. The number of halogens is 2. The van der Waals surface area contributed by atoms with Crippen LogP contribution in [0, 0.1) is 11.7 Å². The van der Waals surface area contributed by atoms with Crippen LogP contribution in [0.1, 0.15) is 25.0 Å². The van der Waals surface area contributed by atoms with Crippen molar-refractivity contribution in [2.75, 3.05) is 6.61 Å². The molecule has 88 valence electrons. The molecule has 0 radical (unpaired) electrons. The van der Waals surface area contributed by atoms with Gasteiger partial charge in [-0.1, -0.05) is 12.1 Å². The van der Waals surface area contributed by atoms with Gasteiger partial charge in [-0.25, -0.2) is 4.39 Å². The Morgan fingerprint density at radius 2 is 2.31 bits per heavy atom. The molecule has 3 unspecified atom stereocenters. The molecule has 1 fully saturated rings. The molecule has 0 amide bonds. The number of hydrogen-bond donors (Lipinski definition) is 1. The highest BCUT2D eigenvalue weighted by atomic mass is 79.9. The molecule has 0 saturated carbocycles. The molecule has 1 heterocycles. The summed E-state index contributed by atoms with van der Waals surface area (Å²) in [7, 11) is 0. The highest BCUT2D eigenvalue weighted by molar-refractivity contribution is 9.10. The predicted molar refractivity (Wildman–Crippen MR) is 62.6 cm³/mol. The molecule has 1 aromatic rings. The van der Waals surface area contributed by atoms with Crippen molar-refractivity contribution in [3.05, 3.63) is 34.1 Å². The van der Waals surface area contributed by atoms with Gasteiger partial charge in [0.25, 0.3) is 0 Å². The van der Waals surface area contributed by atoms with Crippen molar-refractivity contribution < 1.29 is 14.2 Å². The van der Waals surface area contributed by atoms with Crippen LogP contribution in [0.5, 0.6) is 0 Å². The quantitative estimate of drug-likeness (QED) is 0.906. The fraction of sp³-hybridized carbons (Fsp3) is 0.500. The molecule has 4 heteroatoms. The number of aliphatic hydroxyl groups excluding tert-OH is 1. The monoisotopic (exact) mass is 288 g/mol. The normalized spacial score (nSPS) is 27.0. The molecule has 0 bridgehead atoms. The van der Waals surface area contributed by atoms with Gasteiger partial charge in [0.15, 0.2) is 0 Å². The molecule has 0 aromatic heterocycles. The lowest BCUT2D eigenvalue weighted by molar-refractivity contribution is 0.0783. The topological polar surface area (TPSA) is 29.5 Å². The van der Waals surface area contributed by atoms with E-state index in [2.05, 4.69) is 15.9 Å². The molecule has 1 aromatic carbocycles. The Labute approximate surface area is 103 Å². The van der Waals surface area contributed by atoms with E-state index in [0.29, 0.717) is 16.6 Å². The second-order valence-corrected chi connectivity index (χ2v) is 5.08. The van der Waals surface area contributed by atoms with Gasteiger partial charge in [0.1, 0.15) is 5.82 Å². The van der Waals surface area contributed by atoms with Crippen LogP contribution in [0.4, 0.5) is 4.39 Å². The average Bonchev–Trinajstić information content (AvgIpc) is 2.68. The van der Waals surface area contributed by atoms with Gasteiger partial charge >= 0.3 is 0 Å². The second kappa shape index (κ2) is 4.82. The Balaban J connectivity index is 2.20. The second-order valence-electron chi connectivity index (χ2n) is 4.23. The molecule has 0 aliphatic carbocycles. The van der Waals surface area contributed by atoms with Gasteiger partial charge in [-0.05, 0) is 35.3 Å². The smallest absolute Gasteiger partial charge is 0.143 e. The van der Waals surface area contributed by atoms with Crippen LogP contribution in [0.15, 0.2) is 22.7 Å². The molecule has 2 rings (SSSR count). The van der Waals surface area contributed by atoms with Crippen LogP contribution in [-0.4, -0.2) is 17.8 Å². The van der Waals surface area contributed by atoms with Crippen LogP contribution in [-0.2, 0) is 4.74 Å². The van der Waals surface area contributed by atoms with Crippen LogP contribution in [0.2, 0.25) is 0 Å². The number of aliphatic hydroxyl groups is 1. The minimum absolute atomic E-state index is 0.0150. The van der Waals surface area contributed by atoms with Crippen LogP contribution in [0.25, 0.3) is 0 Å². The number of ether oxygens (including phenoxy) is 1. The number of rotatable bonds is 2. The van der Waals surface area contributed by atoms with Crippen LogP contribution in [0.3, 0.4) is 0 Å². The fourth-order valence-corrected chi connectivity index (χ4v) is 2.45. The lowest BCUT2D eigenvalue weighted by Crippen LogP contribution is -2.14. The minimum Gasteiger partial charge on any atom is -0.388 e. The van der Waals surface area contributed by atoms with Crippen molar-refractivity contribution in [1.29, 1.82) is 0 Å². The van der Waals surface area contributed by atoms with E-state index in [-0.39, 0.29) is 17.8 Å². The van der Waals surface area contributed by atoms with E-state index in [0.717, 1.165) is 6.42 Å². The molecule has 3 atom stereocenters. The van der Waals surface area contributed by atoms with Crippen molar-refractivity contribution in [1.82, 2.24) is 0 Å². The van der Waals surface area contributed by atoms with E-state index in [1.54, 1.807) is 18.2 Å².